The first-order valence-corrected chi connectivity index (χ1v) is 6.40. The van der Waals surface area contributed by atoms with Gasteiger partial charge in [0.25, 0.3) is 0 Å². The Morgan fingerprint density at radius 3 is 2.55 bits per heavy atom. The van der Waals surface area contributed by atoms with Crippen LogP contribution in [0.25, 0.3) is 0 Å². The maximum Gasteiger partial charge on any atom is 0.161 e. The number of aliphatic hydroxyl groups is 1. The fourth-order valence-electron chi connectivity index (χ4n) is 1.86. The summed E-state index contributed by atoms with van der Waals surface area (Å²) in [5, 5.41) is 9.73. The second-order valence-corrected chi connectivity index (χ2v) is 4.37. The smallest absolute Gasteiger partial charge is 0.161 e. The molecule has 0 heterocycles. The van der Waals surface area contributed by atoms with Crippen LogP contribution in [0.3, 0.4) is 0 Å². The van der Waals surface area contributed by atoms with Crippen molar-refractivity contribution < 1.29 is 14.6 Å². The van der Waals surface area contributed by atoms with Crippen molar-refractivity contribution in [2.45, 2.75) is 12.7 Å². The Morgan fingerprint density at radius 1 is 1.15 bits per heavy atom. The molecule has 104 valence electrons. The molecule has 0 aliphatic rings. The normalized spacial score (nSPS) is 11.7. The van der Waals surface area contributed by atoms with Gasteiger partial charge in [-0.3, -0.25) is 0 Å². The average molecular weight is 270 g/mol. The Labute approximate surface area is 119 Å². The predicted molar refractivity (Wildman–Crippen MR) is 78.9 cm³/mol. The third kappa shape index (κ3) is 3.39. The summed E-state index contributed by atoms with van der Waals surface area (Å²) in [6, 6.07) is 15.3. The summed E-state index contributed by atoms with van der Waals surface area (Å²) in [5.41, 5.74) is 1.81. The van der Waals surface area contributed by atoms with Gasteiger partial charge >= 0.3 is 0 Å². The first-order valence-electron chi connectivity index (χ1n) is 6.40. The van der Waals surface area contributed by atoms with Crippen LogP contribution in [-0.4, -0.2) is 12.2 Å². The number of benzene rings is 2. The van der Waals surface area contributed by atoms with Gasteiger partial charge in [0.15, 0.2) is 11.5 Å². The zero-order valence-corrected chi connectivity index (χ0v) is 11.5. The third-order valence-electron chi connectivity index (χ3n) is 2.99. The largest absolute Gasteiger partial charge is 0.493 e. The zero-order valence-electron chi connectivity index (χ0n) is 11.5. The predicted octanol–water partition coefficient (Wildman–Crippen LogP) is 3.49. The molecular weight excluding hydrogens is 252 g/mol. The van der Waals surface area contributed by atoms with Gasteiger partial charge in [0.1, 0.15) is 6.61 Å². The molecule has 3 nitrogen and oxygen atoms in total. The van der Waals surface area contributed by atoms with Crippen LogP contribution in [0.1, 0.15) is 17.2 Å². The topological polar surface area (TPSA) is 38.7 Å². The number of hydrogen-bond donors (Lipinski definition) is 1. The van der Waals surface area contributed by atoms with Gasteiger partial charge in [-0.1, -0.05) is 42.5 Å². The number of methoxy groups -OCH3 is 1. The molecule has 0 saturated carbocycles. The summed E-state index contributed by atoms with van der Waals surface area (Å²) < 4.78 is 11.0. The molecular formula is C17H18O3. The lowest BCUT2D eigenvalue weighted by atomic mass is 10.1. The number of rotatable bonds is 6. The van der Waals surface area contributed by atoms with Crippen molar-refractivity contribution in [2.75, 3.05) is 7.11 Å². The molecule has 0 aliphatic carbocycles. The second-order valence-electron chi connectivity index (χ2n) is 4.37. The molecule has 0 radical (unpaired) electrons. The molecule has 0 saturated heterocycles. The van der Waals surface area contributed by atoms with Gasteiger partial charge in [-0.05, 0) is 23.3 Å². The molecule has 2 aromatic rings. The van der Waals surface area contributed by atoms with E-state index < -0.39 is 6.10 Å². The molecule has 0 amide bonds. The molecule has 1 atom stereocenters. The molecule has 0 fully saturated rings. The van der Waals surface area contributed by atoms with E-state index in [1.807, 2.05) is 30.3 Å². The van der Waals surface area contributed by atoms with E-state index in [-0.39, 0.29) is 0 Å². The summed E-state index contributed by atoms with van der Waals surface area (Å²) in [6.45, 7) is 4.04. The van der Waals surface area contributed by atoms with Gasteiger partial charge in [-0.15, -0.1) is 6.58 Å². The van der Waals surface area contributed by atoms with E-state index in [1.165, 1.54) is 6.08 Å². The summed E-state index contributed by atoms with van der Waals surface area (Å²) >= 11 is 0. The second kappa shape index (κ2) is 6.78. The van der Waals surface area contributed by atoms with Crippen molar-refractivity contribution in [3.05, 3.63) is 72.3 Å². The molecule has 0 aliphatic heterocycles. The number of hydrogen-bond acceptors (Lipinski definition) is 3. The van der Waals surface area contributed by atoms with Crippen LogP contribution >= 0.6 is 0 Å². The van der Waals surface area contributed by atoms with Crippen LogP contribution in [0, 0.1) is 0 Å². The van der Waals surface area contributed by atoms with Gasteiger partial charge in [0.05, 0.1) is 13.2 Å². The van der Waals surface area contributed by atoms with E-state index in [1.54, 1.807) is 25.3 Å². The minimum Gasteiger partial charge on any atom is -0.493 e. The van der Waals surface area contributed by atoms with Crippen LogP contribution in [0.2, 0.25) is 0 Å². The van der Waals surface area contributed by atoms with Crippen molar-refractivity contribution in [3.63, 3.8) is 0 Å². The Hall–Kier alpha value is -2.26. The molecule has 0 aromatic heterocycles. The Kier molecular flexibility index (Phi) is 4.80. The van der Waals surface area contributed by atoms with Crippen LogP contribution in [0.4, 0.5) is 0 Å². The van der Waals surface area contributed by atoms with Crippen LogP contribution in [0.15, 0.2) is 61.2 Å². The summed E-state index contributed by atoms with van der Waals surface area (Å²) in [4.78, 5) is 0. The Bertz CT molecular complexity index is 564. The number of aliphatic hydroxyl groups excluding tert-OH is 1. The summed E-state index contributed by atoms with van der Waals surface area (Å²) in [6.07, 6.45) is 0.770. The SMILES string of the molecule is C=CC(O)c1ccc(OCc2ccccc2)c(OC)c1. The summed E-state index contributed by atoms with van der Waals surface area (Å²) in [5.74, 6) is 1.25. The van der Waals surface area contributed by atoms with E-state index in [9.17, 15) is 5.11 Å². The van der Waals surface area contributed by atoms with Gasteiger partial charge in [-0.25, -0.2) is 0 Å². The first kappa shape index (κ1) is 14.2. The van der Waals surface area contributed by atoms with Gasteiger partial charge in [0, 0.05) is 0 Å². The van der Waals surface area contributed by atoms with Crippen LogP contribution in [0.5, 0.6) is 11.5 Å². The van der Waals surface area contributed by atoms with E-state index >= 15 is 0 Å². The molecule has 0 bridgehead atoms. The van der Waals surface area contributed by atoms with Gasteiger partial charge in [0.2, 0.25) is 0 Å². The van der Waals surface area contributed by atoms with E-state index in [0.29, 0.717) is 18.1 Å². The standard InChI is InChI=1S/C17H18O3/c1-3-15(18)14-9-10-16(17(11-14)19-2)20-12-13-7-5-4-6-8-13/h3-11,15,18H,1,12H2,2H3. The number of ether oxygens (including phenoxy) is 2. The molecule has 3 heteroatoms. The lowest BCUT2D eigenvalue weighted by Crippen LogP contribution is -1.99. The van der Waals surface area contributed by atoms with E-state index in [2.05, 4.69) is 6.58 Å². The van der Waals surface area contributed by atoms with Crippen molar-refractivity contribution in [2.24, 2.45) is 0 Å². The molecule has 20 heavy (non-hydrogen) atoms. The zero-order chi connectivity index (χ0) is 14.4. The maximum absolute atomic E-state index is 9.73. The van der Waals surface area contributed by atoms with Gasteiger partial charge < -0.3 is 14.6 Å². The van der Waals surface area contributed by atoms with Crippen molar-refractivity contribution >= 4 is 0 Å². The quantitative estimate of drug-likeness (QED) is 0.817. The summed E-state index contributed by atoms with van der Waals surface area (Å²) in [7, 11) is 1.58. The van der Waals surface area contributed by atoms with Crippen molar-refractivity contribution in [1.82, 2.24) is 0 Å². The highest BCUT2D eigenvalue weighted by Gasteiger charge is 2.09. The van der Waals surface area contributed by atoms with E-state index in [0.717, 1.165) is 11.1 Å². The highest BCUT2D eigenvalue weighted by Crippen LogP contribution is 2.31. The third-order valence-corrected chi connectivity index (χ3v) is 2.99. The Morgan fingerprint density at radius 2 is 1.90 bits per heavy atom. The highest BCUT2D eigenvalue weighted by atomic mass is 16.5. The van der Waals surface area contributed by atoms with E-state index in [4.69, 9.17) is 9.47 Å². The fraction of sp³-hybridized carbons (Fsp3) is 0.176. The molecule has 0 spiro atoms. The lowest BCUT2D eigenvalue weighted by molar-refractivity contribution is 0.227. The van der Waals surface area contributed by atoms with Crippen LogP contribution < -0.4 is 9.47 Å². The fourth-order valence-corrected chi connectivity index (χ4v) is 1.86. The highest BCUT2D eigenvalue weighted by molar-refractivity contribution is 5.44. The van der Waals surface area contributed by atoms with Crippen LogP contribution in [-0.2, 0) is 6.61 Å². The maximum atomic E-state index is 9.73. The molecule has 2 rings (SSSR count). The minimum absolute atomic E-state index is 0.473. The molecule has 1 unspecified atom stereocenters. The monoisotopic (exact) mass is 270 g/mol. The first-order chi connectivity index (χ1) is 9.74. The van der Waals surface area contributed by atoms with Gasteiger partial charge in [-0.2, -0.15) is 0 Å². The van der Waals surface area contributed by atoms with Crippen molar-refractivity contribution in [1.29, 1.82) is 0 Å². The molecule has 1 N–H and O–H groups in total. The molecule has 2 aromatic carbocycles. The minimum atomic E-state index is -0.702. The Balaban J connectivity index is 2.13. The van der Waals surface area contributed by atoms with Crippen molar-refractivity contribution in [3.8, 4) is 11.5 Å². The lowest BCUT2D eigenvalue weighted by Gasteiger charge is -2.13. The average Bonchev–Trinajstić information content (AvgIpc) is 2.53.